The number of aromatic nitrogens is 1. The van der Waals surface area contributed by atoms with Crippen molar-refractivity contribution in [1.29, 1.82) is 0 Å². The molecule has 3 aromatic rings. The van der Waals surface area contributed by atoms with Gasteiger partial charge < -0.3 is 8.94 Å². The molecular weight excluding hydrogens is 250 g/mol. The zero-order chi connectivity index (χ0) is 12.5. The van der Waals surface area contributed by atoms with Gasteiger partial charge in [0.2, 0.25) is 0 Å². The fourth-order valence-corrected chi connectivity index (χ4v) is 2.07. The zero-order valence-electron chi connectivity index (χ0n) is 9.68. The van der Waals surface area contributed by atoms with Crippen LogP contribution in [0.5, 0.6) is 0 Å². The summed E-state index contributed by atoms with van der Waals surface area (Å²) >= 11 is 5.79. The molecule has 0 fully saturated rings. The van der Waals surface area contributed by atoms with Gasteiger partial charge in [-0.05, 0) is 36.2 Å². The van der Waals surface area contributed by atoms with Gasteiger partial charge in [0.25, 0.3) is 0 Å². The highest BCUT2D eigenvalue weighted by Crippen LogP contribution is 2.35. The predicted octanol–water partition coefficient (Wildman–Crippen LogP) is 4.56. The SMILES string of the molecule is Cc1onc(-c2ccc(Cl)o2)c1-c1ccccc1. The highest BCUT2D eigenvalue weighted by atomic mass is 35.5. The average molecular weight is 260 g/mol. The molecule has 0 saturated heterocycles. The van der Waals surface area contributed by atoms with E-state index in [1.807, 2.05) is 37.3 Å². The van der Waals surface area contributed by atoms with Crippen LogP contribution >= 0.6 is 11.6 Å². The van der Waals surface area contributed by atoms with Gasteiger partial charge in [0.05, 0.1) is 5.56 Å². The first kappa shape index (κ1) is 11.1. The van der Waals surface area contributed by atoms with E-state index in [1.54, 1.807) is 12.1 Å². The van der Waals surface area contributed by atoms with Crippen LogP contribution in [0.25, 0.3) is 22.6 Å². The Hall–Kier alpha value is -2.00. The van der Waals surface area contributed by atoms with Crippen molar-refractivity contribution in [2.45, 2.75) is 6.92 Å². The van der Waals surface area contributed by atoms with Crippen LogP contribution in [0.15, 0.2) is 51.4 Å². The summed E-state index contributed by atoms with van der Waals surface area (Å²) in [4.78, 5) is 0. The van der Waals surface area contributed by atoms with Crippen molar-refractivity contribution >= 4 is 11.6 Å². The molecule has 0 radical (unpaired) electrons. The van der Waals surface area contributed by atoms with E-state index in [1.165, 1.54) is 0 Å². The maximum atomic E-state index is 5.79. The van der Waals surface area contributed by atoms with Crippen molar-refractivity contribution in [1.82, 2.24) is 5.16 Å². The standard InChI is InChI=1S/C14H10ClNO2/c1-9-13(10-5-3-2-4-6-10)14(16-18-9)11-7-8-12(15)17-11/h2-8H,1H3. The lowest BCUT2D eigenvalue weighted by Gasteiger charge is -2.00. The molecule has 3 rings (SSSR count). The second-order valence-electron chi connectivity index (χ2n) is 3.93. The third kappa shape index (κ3) is 1.83. The van der Waals surface area contributed by atoms with Crippen LogP contribution in [-0.4, -0.2) is 5.16 Å². The molecule has 0 unspecified atom stereocenters. The number of aryl methyl sites for hydroxylation is 1. The number of hydrogen-bond donors (Lipinski definition) is 0. The van der Waals surface area contributed by atoms with Crippen molar-refractivity contribution in [3.05, 3.63) is 53.4 Å². The third-order valence-electron chi connectivity index (χ3n) is 2.73. The summed E-state index contributed by atoms with van der Waals surface area (Å²) in [7, 11) is 0. The van der Waals surface area contributed by atoms with Gasteiger partial charge >= 0.3 is 0 Å². The lowest BCUT2D eigenvalue weighted by atomic mass is 10.0. The summed E-state index contributed by atoms with van der Waals surface area (Å²) in [6, 6.07) is 13.4. The van der Waals surface area contributed by atoms with E-state index in [0.29, 0.717) is 16.7 Å². The summed E-state index contributed by atoms with van der Waals surface area (Å²) in [6.07, 6.45) is 0. The maximum absolute atomic E-state index is 5.79. The molecule has 0 aliphatic rings. The lowest BCUT2D eigenvalue weighted by molar-refractivity contribution is 0.398. The quantitative estimate of drug-likeness (QED) is 0.677. The van der Waals surface area contributed by atoms with Gasteiger partial charge in [0, 0.05) is 0 Å². The Kier molecular flexibility index (Phi) is 2.68. The minimum absolute atomic E-state index is 0.338. The molecule has 4 heteroatoms. The molecule has 2 aromatic heterocycles. The predicted molar refractivity (Wildman–Crippen MR) is 69.4 cm³/mol. The van der Waals surface area contributed by atoms with Gasteiger partial charge in [-0.15, -0.1) is 0 Å². The smallest absolute Gasteiger partial charge is 0.194 e. The first-order valence-electron chi connectivity index (χ1n) is 5.53. The monoisotopic (exact) mass is 259 g/mol. The van der Waals surface area contributed by atoms with E-state index in [2.05, 4.69) is 5.16 Å². The summed E-state index contributed by atoms with van der Waals surface area (Å²) in [6.45, 7) is 1.88. The number of rotatable bonds is 2. The van der Waals surface area contributed by atoms with E-state index in [4.69, 9.17) is 20.5 Å². The van der Waals surface area contributed by atoms with E-state index in [0.717, 1.165) is 16.9 Å². The fraction of sp³-hybridized carbons (Fsp3) is 0.0714. The van der Waals surface area contributed by atoms with Gasteiger partial charge in [-0.2, -0.15) is 0 Å². The normalized spacial score (nSPS) is 10.8. The molecule has 1 aromatic carbocycles. The summed E-state index contributed by atoms with van der Waals surface area (Å²) in [5.74, 6) is 1.36. The number of nitrogens with zero attached hydrogens (tertiary/aromatic N) is 1. The topological polar surface area (TPSA) is 39.2 Å². The molecule has 0 N–H and O–H groups in total. The molecule has 18 heavy (non-hydrogen) atoms. The summed E-state index contributed by atoms with van der Waals surface area (Å²) < 4.78 is 10.6. The molecule has 0 aliphatic carbocycles. The van der Waals surface area contributed by atoms with Gasteiger partial charge in [0.15, 0.2) is 16.7 Å². The second kappa shape index (κ2) is 4.35. The Bertz CT molecular complexity index is 670. The number of hydrogen-bond acceptors (Lipinski definition) is 3. The van der Waals surface area contributed by atoms with Crippen LogP contribution in [0.1, 0.15) is 5.76 Å². The summed E-state index contributed by atoms with van der Waals surface area (Å²) in [5.41, 5.74) is 2.64. The van der Waals surface area contributed by atoms with Crippen LogP contribution in [-0.2, 0) is 0 Å². The van der Waals surface area contributed by atoms with Crippen molar-refractivity contribution in [2.24, 2.45) is 0 Å². The van der Waals surface area contributed by atoms with Crippen LogP contribution in [0.2, 0.25) is 5.22 Å². The molecule has 0 atom stereocenters. The molecule has 2 heterocycles. The zero-order valence-corrected chi connectivity index (χ0v) is 10.4. The highest BCUT2D eigenvalue weighted by Gasteiger charge is 2.18. The van der Waals surface area contributed by atoms with E-state index >= 15 is 0 Å². The Morgan fingerprint density at radius 3 is 2.50 bits per heavy atom. The molecule has 0 amide bonds. The number of halogens is 1. The second-order valence-corrected chi connectivity index (χ2v) is 4.30. The Labute approximate surface area is 109 Å². The largest absolute Gasteiger partial charge is 0.443 e. The van der Waals surface area contributed by atoms with Crippen molar-refractivity contribution in [2.75, 3.05) is 0 Å². The first-order valence-corrected chi connectivity index (χ1v) is 5.91. The average Bonchev–Trinajstić information content (AvgIpc) is 2.96. The number of benzene rings is 1. The molecule has 0 bridgehead atoms. The van der Waals surface area contributed by atoms with Gasteiger partial charge in [-0.1, -0.05) is 35.5 Å². The minimum atomic E-state index is 0.338. The van der Waals surface area contributed by atoms with Crippen molar-refractivity contribution in [3.63, 3.8) is 0 Å². The molecule has 0 spiro atoms. The highest BCUT2D eigenvalue weighted by molar-refractivity contribution is 6.29. The van der Waals surface area contributed by atoms with E-state index < -0.39 is 0 Å². The van der Waals surface area contributed by atoms with Crippen molar-refractivity contribution < 1.29 is 8.94 Å². The first-order chi connectivity index (χ1) is 8.75. The van der Waals surface area contributed by atoms with Crippen LogP contribution < -0.4 is 0 Å². The minimum Gasteiger partial charge on any atom is -0.443 e. The maximum Gasteiger partial charge on any atom is 0.194 e. The molecule has 90 valence electrons. The lowest BCUT2D eigenvalue weighted by Crippen LogP contribution is -1.81. The molecule has 3 nitrogen and oxygen atoms in total. The van der Waals surface area contributed by atoms with E-state index in [-0.39, 0.29) is 0 Å². The Morgan fingerprint density at radius 1 is 1.06 bits per heavy atom. The fourth-order valence-electron chi connectivity index (χ4n) is 1.93. The van der Waals surface area contributed by atoms with Gasteiger partial charge in [-0.3, -0.25) is 0 Å². The number of furan rings is 1. The molecule has 0 saturated carbocycles. The van der Waals surface area contributed by atoms with Gasteiger partial charge in [0.1, 0.15) is 5.76 Å². The Morgan fingerprint density at radius 2 is 1.83 bits per heavy atom. The van der Waals surface area contributed by atoms with Crippen molar-refractivity contribution in [3.8, 4) is 22.6 Å². The molecule has 0 aliphatic heterocycles. The third-order valence-corrected chi connectivity index (χ3v) is 2.93. The molecular formula is C14H10ClNO2. The Balaban J connectivity index is 2.18. The summed E-state index contributed by atoms with van der Waals surface area (Å²) in [5, 5.41) is 4.39. The van der Waals surface area contributed by atoms with Gasteiger partial charge in [-0.25, -0.2) is 0 Å². The van der Waals surface area contributed by atoms with Crippen LogP contribution in [0.3, 0.4) is 0 Å². The van der Waals surface area contributed by atoms with Crippen LogP contribution in [0.4, 0.5) is 0 Å². The van der Waals surface area contributed by atoms with E-state index in [9.17, 15) is 0 Å². The van der Waals surface area contributed by atoms with Crippen LogP contribution in [0, 0.1) is 6.92 Å².